The van der Waals surface area contributed by atoms with Crippen LogP contribution in [0.2, 0.25) is 0 Å². The lowest BCUT2D eigenvalue weighted by Gasteiger charge is -2.20. The maximum absolute atomic E-state index is 13.4. The fourth-order valence-electron chi connectivity index (χ4n) is 3.96. The van der Waals surface area contributed by atoms with Crippen LogP contribution in [0.3, 0.4) is 0 Å². The van der Waals surface area contributed by atoms with Gasteiger partial charge in [-0.3, -0.25) is 10.2 Å². The van der Waals surface area contributed by atoms with E-state index in [4.69, 9.17) is 5.41 Å². The predicted molar refractivity (Wildman–Crippen MR) is 130 cm³/mol. The fourth-order valence-corrected chi connectivity index (χ4v) is 4.85. The van der Waals surface area contributed by atoms with Crippen molar-refractivity contribution in [1.29, 1.82) is 5.41 Å². The summed E-state index contributed by atoms with van der Waals surface area (Å²) in [7, 11) is 0. The van der Waals surface area contributed by atoms with E-state index in [1.807, 2.05) is 55.7 Å². The van der Waals surface area contributed by atoms with Crippen LogP contribution in [0, 0.1) is 32.0 Å². The van der Waals surface area contributed by atoms with E-state index < -0.39 is 5.91 Å². The third-order valence-corrected chi connectivity index (χ3v) is 6.53. The second-order valence-electron chi connectivity index (χ2n) is 7.93. The van der Waals surface area contributed by atoms with Gasteiger partial charge in [-0.25, -0.2) is 4.39 Å². The monoisotopic (exact) mass is 457 g/mol. The summed E-state index contributed by atoms with van der Waals surface area (Å²) in [5, 5.41) is 15.7. The van der Waals surface area contributed by atoms with Gasteiger partial charge in [-0.05, 0) is 80.6 Å². The largest absolute Gasteiger partial charge is 0.318 e. The van der Waals surface area contributed by atoms with Crippen molar-refractivity contribution in [1.82, 2.24) is 9.58 Å². The zero-order chi connectivity index (χ0) is 23.3. The van der Waals surface area contributed by atoms with Gasteiger partial charge in [0, 0.05) is 22.6 Å². The number of amidine groups is 2. The molecule has 0 bridgehead atoms. The molecule has 8 heteroatoms. The number of carbonyl (C=O) groups is 1. The number of benzene rings is 2. The molecule has 2 aromatic carbocycles. The Morgan fingerprint density at radius 2 is 1.82 bits per heavy atom. The lowest BCUT2D eigenvalue weighted by atomic mass is 10.1. The van der Waals surface area contributed by atoms with Crippen molar-refractivity contribution < 1.29 is 9.18 Å². The van der Waals surface area contributed by atoms with Gasteiger partial charge in [0.15, 0.2) is 5.84 Å². The number of carbonyl (C=O) groups excluding carboxylic acids is 1. The molecule has 1 amide bonds. The highest BCUT2D eigenvalue weighted by atomic mass is 32.2. The van der Waals surface area contributed by atoms with Gasteiger partial charge in [0.1, 0.15) is 10.9 Å². The summed E-state index contributed by atoms with van der Waals surface area (Å²) in [6.45, 7) is 5.87. The summed E-state index contributed by atoms with van der Waals surface area (Å²) in [5.74, 6) is -0.773. The Morgan fingerprint density at radius 3 is 2.55 bits per heavy atom. The van der Waals surface area contributed by atoms with E-state index in [9.17, 15) is 9.18 Å². The van der Waals surface area contributed by atoms with Crippen LogP contribution in [0.25, 0.3) is 11.8 Å². The summed E-state index contributed by atoms with van der Waals surface area (Å²) in [4.78, 5) is 17.0. The molecule has 0 atom stereocenters. The topological polar surface area (TPSA) is 73.8 Å². The van der Waals surface area contributed by atoms with Gasteiger partial charge in [-0.15, -0.1) is 0 Å². The minimum Gasteiger partial charge on any atom is -0.318 e. The number of halogens is 1. The van der Waals surface area contributed by atoms with Crippen LogP contribution in [0.4, 0.5) is 4.39 Å². The minimum atomic E-state index is -0.467. The Labute approximate surface area is 194 Å². The normalized spacial score (nSPS) is 16.8. The fraction of sp³-hybridized carbons (Fsp3) is 0.120. The molecule has 1 aromatic heterocycles. The predicted octanol–water partition coefficient (Wildman–Crippen LogP) is 5.21. The van der Waals surface area contributed by atoms with Gasteiger partial charge < -0.3 is 4.57 Å². The van der Waals surface area contributed by atoms with Crippen LogP contribution in [-0.2, 0) is 4.79 Å². The Bertz CT molecular complexity index is 1420. The molecule has 0 saturated heterocycles. The van der Waals surface area contributed by atoms with Crippen LogP contribution in [0.15, 0.2) is 70.3 Å². The standard InChI is InChI=1S/C25H20FN5OS/c1-14-5-4-6-17(11-14)24-29-31-22(27)21(23(32)28-25(31)33-24)13-18-12-15(2)30(16(18)3)20-9-7-19(26)8-10-20/h4-13,27H,1-3H3. The zero-order valence-corrected chi connectivity index (χ0v) is 19.1. The number of aliphatic imine (C=N–C) groups is 1. The number of thioether (sulfide) groups is 1. The van der Waals surface area contributed by atoms with E-state index in [-0.39, 0.29) is 17.2 Å². The number of nitrogens with one attached hydrogen (secondary N) is 1. The van der Waals surface area contributed by atoms with Gasteiger partial charge in [0.25, 0.3) is 5.91 Å². The number of hydrazone groups is 1. The smallest absolute Gasteiger partial charge is 0.283 e. The van der Waals surface area contributed by atoms with E-state index in [0.717, 1.165) is 33.8 Å². The number of fused-ring (bicyclic) bond motifs is 1. The second kappa shape index (κ2) is 7.97. The van der Waals surface area contributed by atoms with Crippen molar-refractivity contribution in [2.75, 3.05) is 0 Å². The van der Waals surface area contributed by atoms with Crippen molar-refractivity contribution >= 4 is 39.8 Å². The summed E-state index contributed by atoms with van der Waals surface area (Å²) >= 11 is 1.28. The van der Waals surface area contributed by atoms with Crippen LogP contribution in [0.1, 0.15) is 28.1 Å². The molecule has 0 unspecified atom stereocenters. The lowest BCUT2D eigenvalue weighted by Crippen LogP contribution is -2.35. The van der Waals surface area contributed by atoms with E-state index in [0.29, 0.717) is 10.2 Å². The molecule has 0 spiro atoms. The molecule has 0 saturated carbocycles. The zero-order valence-electron chi connectivity index (χ0n) is 18.3. The van der Waals surface area contributed by atoms with Crippen molar-refractivity contribution in [3.8, 4) is 5.69 Å². The quantitative estimate of drug-likeness (QED) is 0.549. The van der Waals surface area contributed by atoms with Gasteiger partial charge in [0.2, 0.25) is 5.17 Å². The summed E-state index contributed by atoms with van der Waals surface area (Å²) in [6, 6.07) is 16.1. The molecule has 3 aromatic rings. The maximum atomic E-state index is 13.4. The van der Waals surface area contributed by atoms with Gasteiger partial charge >= 0.3 is 0 Å². The minimum absolute atomic E-state index is 0.00765. The molecule has 164 valence electrons. The third kappa shape index (κ3) is 3.72. The highest BCUT2D eigenvalue weighted by Crippen LogP contribution is 2.32. The number of aromatic nitrogens is 1. The first-order chi connectivity index (χ1) is 15.8. The van der Waals surface area contributed by atoms with Gasteiger partial charge in [-0.2, -0.15) is 15.1 Å². The first-order valence-corrected chi connectivity index (χ1v) is 11.2. The van der Waals surface area contributed by atoms with Crippen LogP contribution in [-0.4, -0.2) is 31.5 Å². The molecule has 0 fully saturated rings. The summed E-state index contributed by atoms with van der Waals surface area (Å²) < 4.78 is 15.3. The summed E-state index contributed by atoms with van der Waals surface area (Å²) in [5.41, 5.74) is 5.62. The highest BCUT2D eigenvalue weighted by molar-refractivity contribution is 8.27. The SMILES string of the molecule is Cc1cccc(C2=NN3C(=N)C(=Cc4cc(C)n(-c5ccc(F)cc5)c4C)C(=O)N=C3S2)c1. The van der Waals surface area contributed by atoms with E-state index >= 15 is 0 Å². The molecule has 2 aliphatic heterocycles. The van der Waals surface area contributed by atoms with Gasteiger partial charge in [-0.1, -0.05) is 23.8 Å². The molecule has 6 nitrogen and oxygen atoms in total. The molecular weight excluding hydrogens is 437 g/mol. The molecular formula is C25H20FN5OS. The van der Waals surface area contributed by atoms with Crippen molar-refractivity contribution in [3.63, 3.8) is 0 Å². The van der Waals surface area contributed by atoms with Crippen LogP contribution in [0.5, 0.6) is 0 Å². The molecule has 5 rings (SSSR count). The Hall–Kier alpha value is -3.78. The van der Waals surface area contributed by atoms with Crippen molar-refractivity contribution in [3.05, 3.63) is 94.1 Å². The average molecular weight is 458 g/mol. The Balaban J connectivity index is 1.51. The Kier molecular flexibility index (Phi) is 5.09. The van der Waals surface area contributed by atoms with Crippen molar-refractivity contribution in [2.24, 2.45) is 10.1 Å². The first-order valence-electron chi connectivity index (χ1n) is 10.3. The molecule has 0 radical (unpaired) electrons. The molecule has 3 heterocycles. The first kappa shape index (κ1) is 21.1. The molecule has 1 N–H and O–H groups in total. The van der Waals surface area contributed by atoms with Crippen molar-refractivity contribution in [2.45, 2.75) is 20.8 Å². The lowest BCUT2D eigenvalue weighted by molar-refractivity contribution is -0.114. The highest BCUT2D eigenvalue weighted by Gasteiger charge is 2.36. The molecule has 2 aliphatic rings. The van der Waals surface area contributed by atoms with Crippen LogP contribution >= 0.6 is 11.8 Å². The van der Waals surface area contributed by atoms with E-state index in [1.54, 1.807) is 18.2 Å². The number of hydrogen-bond acceptors (Lipinski definition) is 4. The van der Waals surface area contributed by atoms with E-state index in [1.165, 1.54) is 28.9 Å². The number of aryl methyl sites for hydroxylation is 2. The Morgan fingerprint density at radius 1 is 1.06 bits per heavy atom. The number of nitrogens with zero attached hydrogens (tertiary/aromatic N) is 4. The molecule has 0 aliphatic carbocycles. The molecule has 33 heavy (non-hydrogen) atoms. The number of rotatable bonds is 3. The summed E-state index contributed by atoms with van der Waals surface area (Å²) in [6.07, 6.45) is 1.68. The number of hydrogen-bond donors (Lipinski definition) is 1. The maximum Gasteiger partial charge on any atom is 0.283 e. The van der Waals surface area contributed by atoms with Gasteiger partial charge in [0.05, 0.1) is 5.57 Å². The van der Waals surface area contributed by atoms with Crippen LogP contribution < -0.4 is 0 Å². The average Bonchev–Trinajstić information content (AvgIpc) is 3.33. The second-order valence-corrected chi connectivity index (χ2v) is 8.89. The third-order valence-electron chi connectivity index (χ3n) is 5.57. The van der Waals surface area contributed by atoms with E-state index in [2.05, 4.69) is 10.1 Å². The number of amides is 1.